The number of rotatable bonds is 11. The van der Waals surface area contributed by atoms with E-state index in [2.05, 4.69) is 27.8 Å². The van der Waals surface area contributed by atoms with Gasteiger partial charge in [0.15, 0.2) is 5.96 Å². The molecule has 7 heteroatoms. The number of aliphatic imine (C=N–C) groups is 1. The quantitative estimate of drug-likeness (QED) is 0.217. The lowest BCUT2D eigenvalue weighted by Gasteiger charge is -2.19. The van der Waals surface area contributed by atoms with Crippen LogP contribution in [0.3, 0.4) is 0 Å². The molecule has 6 nitrogen and oxygen atoms in total. The molecule has 0 saturated carbocycles. The van der Waals surface area contributed by atoms with Crippen molar-refractivity contribution in [3.8, 4) is 5.75 Å². The highest BCUT2D eigenvalue weighted by Gasteiger charge is 2.09. The average molecular weight is 490 g/mol. The molecule has 1 rings (SSSR count). The van der Waals surface area contributed by atoms with Crippen molar-refractivity contribution in [2.24, 2.45) is 4.99 Å². The zero-order valence-corrected chi connectivity index (χ0v) is 19.4. The van der Waals surface area contributed by atoms with Crippen LogP contribution in [0.2, 0.25) is 0 Å². The number of ether oxygens (including phenoxy) is 1. The Hall–Kier alpha value is -1.51. The number of hydrogen-bond donors (Lipinski definition) is 2. The third-order valence-electron chi connectivity index (χ3n) is 4.14. The van der Waals surface area contributed by atoms with Crippen LogP contribution < -0.4 is 15.4 Å². The standard InChI is InChI=1S/C20H34N4O2.HI/c1-5-21-20(23-16-14-19(25)24(6-2)7-3)22-15-8-9-17-10-12-18(26-4)13-11-17;/h10-13H,5-9,14-16H2,1-4H3,(H2,21,22,23);1H. The Morgan fingerprint density at radius 3 is 2.33 bits per heavy atom. The van der Waals surface area contributed by atoms with Crippen molar-refractivity contribution in [3.63, 3.8) is 0 Å². The number of aryl methyl sites for hydroxylation is 1. The molecule has 154 valence electrons. The molecule has 1 aromatic carbocycles. The summed E-state index contributed by atoms with van der Waals surface area (Å²) in [5.74, 6) is 1.83. The fourth-order valence-electron chi connectivity index (χ4n) is 2.63. The molecular weight excluding hydrogens is 455 g/mol. The molecular formula is C20H35IN4O2. The number of carbonyl (C=O) groups excluding carboxylic acids is 1. The molecule has 1 amide bonds. The van der Waals surface area contributed by atoms with Crippen molar-refractivity contribution < 1.29 is 9.53 Å². The Labute approximate surface area is 181 Å². The van der Waals surface area contributed by atoms with E-state index in [1.165, 1.54) is 5.56 Å². The summed E-state index contributed by atoms with van der Waals surface area (Å²) in [6, 6.07) is 8.14. The van der Waals surface area contributed by atoms with E-state index in [0.29, 0.717) is 13.0 Å². The van der Waals surface area contributed by atoms with Crippen LogP contribution >= 0.6 is 24.0 Å². The first-order chi connectivity index (χ1) is 12.6. The lowest BCUT2D eigenvalue weighted by molar-refractivity contribution is -0.130. The third kappa shape index (κ3) is 10.4. The molecule has 1 aromatic rings. The number of carbonyl (C=O) groups is 1. The van der Waals surface area contributed by atoms with Crippen molar-refractivity contribution in [1.82, 2.24) is 15.5 Å². The minimum atomic E-state index is 0. The van der Waals surface area contributed by atoms with Gasteiger partial charge < -0.3 is 20.3 Å². The average Bonchev–Trinajstić information content (AvgIpc) is 2.66. The van der Waals surface area contributed by atoms with Crippen LogP contribution in [0, 0.1) is 0 Å². The molecule has 27 heavy (non-hydrogen) atoms. The van der Waals surface area contributed by atoms with E-state index in [1.54, 1.807) is 7.11 Å². The maximum absolute atomic E-state index is 12.0. The first kappa shape index (κ1) is 25.5. The van der Waals surface area contributed by atoms with E-state index in [9.17, 15) is 4.79 Å². The predicted octanol–water partition coefficient (Wildman–Crippen LogP) is 3.06. The van der Waals surface area contributed by atoms with Gasteiger partial charge in [-0.05, 0) is 51.3 Å². The molecule has 2 N–H and O–H groups in total. The van der Waals surface area contributed by atoms with Gasteiger partial charge in [-0.3, -0.25) is 9.79 Å². The Kier molecular flexibility index (Phi) is 14.7. The molecule has 0 aliphatic rings. The summed E-state index contributed by atoms with van der Waals surface area (Å²) in [4.78, 5) is 18.5. The monoisotopic (exact) mass is 490 g/mol. The Morgan fingerprint density at radius 2 is 1.78 bits per heavy atom. The minimum absolute atomic E-state index is 0. The Morgan fingerprint density at radius 1 is 1.11 bits per heavy atom. The number of guanidine groups is 1. The van der Waals surface area contributed by atoms with Crippen LogP contribution in [0.4, 0.5) is 0 Å². The summed E-state index contributed by atoms with van der Waals surface area (Å²) in [6.07, 6.45) is 2.44. The van der Waals surface area contributed by atoms with Crippen molar-refractivity contribution in [3.05, 3.63) is 29.8 Å². The van der Waals surface area contributed by atoms with Crippen molar-refractivity contribution in [2.75, 3.05) is 39.8 Å². The van der Waals surface area contributed by atoms with Crippen molar-refractivity contribution in [2.45, 2.75) is 40.0 Å². The molecule has 0 heterocycles. The molecule has 0 atom stereocenters. The van der Waals surface area contributed by atoms with Gasteiger partial charge in [0.2, 0.25) is 5.91 Å². The van der Waals surface area contributed by atoms with Crippen LogP contribution in [0.5, 0.6) is 5.75 Å². The Bertz CT molecular complexity index is 545. The number of halogens is 1. The fourth-order valence-corrected chi connectivity index (χ4v) is 2.63. The van der Waals surface area contributed by atoms with Crippen LogP contribution in [0.25, 0.3) is 0 Å². The fraction of sp³-hybridized carbons (Fsp3) is 0.600. The van der Waals surface area contributed by atoms with Crippen molar-refractivity contribution in [1.29, 1.82) is 0 Å². The van der Waals surface area contributed by atoms with E-state index < -0.39 is 0 Å². The SMILES string of the molecule is CCNC(=NCCCc1ccc(OC)cc1)NCCC(=O)N(CC)CC.I. The topological polar surface area (TPSA) is 66.0 Å². The highest BCUT2D eigenvalue weighted by Crippen LogP contribution is 2.12. The summed E-state index contributed by atoms with van der Waals surface area (Å²) in [5.41, 5.74) is 1.28. The second-order valence-electron chi connectivity index (χ2n) is 5.96. The van der Waals surface area contributed by atoms with E-state index in [4.69, 9.17) is 4.74 Å². The number of hydrogen-bond acceptors (Lipinski definition) is 3. The number of nitrogens with one attached hydrogen (secondary N) is 2. The van der Waals surface area contributed by atoms with Gasteiger partial charge in [-0.15, -0.1) is 24.0 Å². The third-order valence-corrected chi connectivity index (χ3v) is 4.14. The lowest BCUT2D eigenvalue weighted by atomic mass is 10.1. The maximum atomic E-state index is 12.0. The molecule has 0 spiro atoms. The Balaban J connectivity index is 0.00000676. The van der Waals surface area contributed by atoms with Gasteiger partial charge in [0.05, 0.1) is 7.11 Å². The number of benzene rings is 1. The van der Waals surface area contributed by atoms with Crippen LogP contribution in [0.15, 0.2) is 29.3 Å². The molecule has 0 bridgehead atoms. The maximum Gasteiger partial charge on any atom is 0.224 e. The van der Waals surface area contributed by atoms with Gasteiger partial charge in [-0.1, -0.05) is 12.1 Å². The van der Waals surface area contributed by atoms with Crippen LogP contribution in [0.1, 0.15) is 39.2 Å². The highest BCUT2D eigenvalue weighted by molar-refractivity contribution is 14.0. The summed E-state index contributed by atoms with van der Waals surface area (Å²) in [5, 5.41) is 6.47. The summed E-state index contributed by atoms with van der Waals surface area (Å²) >= 11 is 0. The van der Waals surface area contributed by atoms with Gasteiger partial charge in [0.1, 0.15) is 5.75 Å². The first-order valence-electron chi connectivity index (χ1n) is 9.57. The number of methoxy groups -OCH3 is 1. The van der Waals surface area contributed by atoms with Gasteiger partial charge in [0.25, 0.3) is 0 Å². The molecule has 0 aromatic heterocycles. The van der Waals surface area contributed by atoms with Gasteiger partial charge in [-0.2, -0.15) is 0 Å². The zero-order valence-electron chi connectivity index (χ0n) is 17.1. The molecule has 0 aliphatic carbocycles. The van der Waals surface area contributed by atoms with E-state index >= 15 is 0 Å². The van der Waals surface area contributed by atoms with Crippen molar-refractivity contribution >= 4 is 35.8 Å². The first-order valence-corrected chi connectivity index (χ1v) is 9.57. The van der Waals surface area contributed by atoms with E-state index in [1.807, 2.05) is 37.8 Å². The number of amides is 1. The largest absolute Gasteiger partial charge is 0.497 e. The second-order valence-corrected chi connectivity index (χ2v) is 5.96. The summed E-state index contributed by atoms with van der Waals surface area (Å²) < 4.78 is 5.17. The van der Waals surface area contributed by atoms with E-state index in [-0.39, 0.29) is 29.9 Å². The summed E-state index contributed by atoms with van der Waals surface area (Å²) in [7, 11) is 1.68. The number of nitrogens with zero attached hydrogens (tertiary/aromatic N) is 2. The molecule has 0 fully saturated rings. The zero-order chi connectivity index (χ0) is 19.2. The van der Waals surface area contributed by atoms with Gasteiger partial charge >= 0.3 is 0 Å². The van der Waals surface area contributed by atoms with Crippen LogP contribution in [-0.4, -0.2) is 56.6 Å². The van der Waals surface area contributed by atoms with Gasteiger partial charge in [-0.25, -0.2) is 0 Å². The molecule has 0 saturated heterocycles. The normalized spacial score (nSPS) is 10.7. The molecule has 0 aliphatic heterocycles. The smallest absolute Gasteiger partial charge is 0.224 e. The molecule has 0 radical (unpaired) electrons. The van der Waals surface area contributed by atoms with Crippen LogP contribution in [-0.2, 0) is 11.2 Å². The molecule has 0 unspecified atom stereocenters. The van der Waals surface area contributed by atoms with E-state index in [0.717, 1.165) is 50.7 Å². The minimum Gasteiger partial charge on any atom is -0.497 e. The van der Waals surface area contributed by atoms with Gasteiger partial charge in [0, 0.05) is 39.1 Å². The summed E-state index contributed by atoms with van der Waals surface area (Å²) in [6.45, 7) is 9.70. The highest BCUT2D eigenvalue weighted by atomic mass is 127. The predicted molar refractivity (Wildman–Crippen MR) is 123 cm³/mol. The lowest BCUT2D eigenvalue weighted by Crippen LogP contribution is -2.40. The second kappa shape index (κ2) is 15.5.